The van der Waals surface area contributed by atoms with Crippen LogP contribution >= 0.6 is 0 Å². The highest BCUT2D eigenvalue weighted by molar-refractivity contribution is 6.01. The van der Waals surface area contributed by atoms with E-state index in [1.165, 1.54) is 0 Å². The van der Waals surface area contributed by atoms with Gasteiger partial charge in [0.05, 0.1) is 11.7 Å². The molecule has 28 heavy (non-hydrogen) atoms. The largest absolute Gasteiger partial charge is 0.546 e. The molecule has 0 fully saturated rings. The minimum atomic E-state index is -1.29. The van der Waals surface area contributed by atoms with Crippen molar-refractivity contribution in [2.24, 2.45) is 5.10 Å². The number of rotatable bonds is 7. The van der Waals surface area contributed by atoms with Crippen molar-refractivity contribution in [3.8, 4) is 17.2 Å². The quantitative estimate of drug-likeness (QED) is 0.562. The molecule has 0 unspecified atom stereocenters. The van der Waals surface area contributed by atoms with Crippen LogP contribution in [0, 0.1) is 0 Å². The van der Waals surface area contributed by atoms with Crippen molar-refractivity contribution in [3.63, 3.8) is 0 Å². The molecule has 1 atom stereocenters. The molecule has 0 aromatic heterocycles. The average Bonchev–Trinajstić information content (AvgIpc) is 2.73. The number of hydrazone groups is 1. The summed E-state index contributed by atoms with van der Waals surface area (Å²) >= 11 is 0. The van der Waals surface area contributed by atoms with Crippen LogP contribution in [0.1, 0.15) is 18.9 Å². The van der Waals surface area contributed by atoms with E-state index in [2.05, 4.69) is 10.5 Å². The Morgan fingerprint density at radius 1 is 1.18 bits per heavy atom. The molecule has 1 aliphatic heterocycles. The summed E-state index contributed by atoms with van der Waals surface area (Å²) < 4.78 is 16.2. The summed E-state index contributed by atoms with van der Waals surface area (Å²) in [6, 6.07) is 13.9. The number of aliphatic carboxylic acids is 1. The number of hydrogen-bond acceptors (Lipinski definition) is 7. The molecule has 1 N–H and O–H groups in total. The normalized spacial score (nSPS) is 15.6. The lowest BCUT2D eigenvalue weighted by molar-refractivity contribution is -0.307. The molecule has 3 rings (SSSR count). The van der Waals surface area contributed by atoms with Crippen molar-refractivity contribution >= 4 is 17.6 Å². The number of ether oxygens (including phenoxy) is 3. The molecule has 1 aliphatic rings. The van der Waals surface area contributed by atoms with Crippen molar-refractivity contribution in [2.75, 3.05) is 13.2 Å². The fourth-order valence-corrected chi connectivity index (χ4v) is 2.58. The maximum atomic E-state index is 12.4. The topological polar surface area (TPSA) is 109 Å². The van der Waals surface area contributed by atoms with Crippen LogP contribution in [0.5, 0.6) is 17.2 Å². The predicted octanol–water partition coefficient (Wildman–Crippen LogP) is 0.886. The Labute approximate surface area is 161 Å². The molecule has 8 nitrogen and oxygen atoms in total. The summed E-state index contributed by atoms with van der Waals surface area (Å²) in [6.45, 7) is 1.49. The molecule has 0 spiro atoms. The van der Waals surface area contributed by atoms with E-state index < -0.39 is 24.6 Å². The predicted molar refractivity (Wildman–Crippen MR) is 98.3 cm³/mol. The smallest absolute Gasteiger partial charge is 0.284 e. The third kappa shape index (κ3) is 4.79. The van der Waals surface area contributed by atoms with Gasteiger partial charge in [0.15, 0.2) is 11.5 Å². The zero-order valence-electron chi connectivity index (χ0n) is 15.2. The second kappa shape index (κ2) is 8.90. The van der Waals surface area contributed by atoms with Gasteiger partial charge in [0, 0.05) is 0 Å². The Hall–Kier alpha value is -3.55. The fourth-order valence-electron chi connectivity index (χ4n) is 2.58. The van der Waals surface area contributed by atoms with Crippen LogP contribution in [0.4, 0.5) is 0 Å². The average molecular weight is 383 g/mol. The third-order valence-corrected chi connectivity index (χ3v) is 3.98. The van der Waals surface area contributed by atoms with Crippen molar-refractivity contribution < 1.29 is 28.9 Å². The van der Waals surface area contributed by atoms with E-state index >= 15 is 0 Å². The number of carboxylic acid groups (broad SMARTS) is 1. The molecule has 0 radical (unpaired) electrons. The first kappa shape index (κ1) is 19.2. The second-order valence-corrected chi connectivity index (χ2v) is 5.94. The zero-order valence-corrected chi connectivity index (χ0v) is 15.2. The molecule has 0 saturated carbocycles. The number of para-hydroxylation sites is 2. The number of fused-ring (bicyclic) bond motifs is 1. The Kier molecular flexibility index (Phi) is 6.11. The zero-order chi connectivity index (χ0) is 19.9. The van der Waals surface area contributed by atoms with Gasteiger partial charge in [-0.15, -0.1) is 0 Å². The molecule has 2 aromatic carbocycles. The van der Waals surface area contributed by atoms with Crippen molar-refractivity contribution in [2.45, 2.75) is 19.4 Å². The number of amides is 1. The molecule has 0 bridgehead atoms. The van der Waals surface area contributed by atoms with Crippen LogP contribution < -0.4 is 24.7 Å². The number of nitrogens with one attached hydrogen (secondary N) is 1. The van der Waals surface area contributed by atoms with Gasteiger partial charge in [-0.25, -0.2) is 5.43 Å². The highest BCUT2D eigenvalue weighted by atomic mass is 16.6. The van der Waals surface area contributed by atoms with E-state index in [0.717, 1.165) is 5.56 Å². The summed E-state index contributed by atoms with van der Waals surface area (Å²) in [7, 11) is 0. The molecular weight excluding hydrogens is 364 g/mol. The lowest BCUT2D eigenvalue weighted by Crippen LogP contribution is -2.42. The molecule has 2 aromatic rings. The van der Waals surface area contributed by atoms with Crippen molar-refractivity contribution in [1.29, 1.82) is 0 Å². The molecule has 1 heterocycles. The third-order valence-electron chi connectivity index (χ3n) is 3.98. The maximum absolute atomic E-state index is 12.4. The summed E-state index contributed by atoms with van der Waals surface area (Å²) in [6.07, 6.45) is -0.220. The number of benzene rings is 2. The highest BCUT2D eigenvalue weighted by Crippen LogP contribution is 2.30. The van der Waals surface area contributed by atoms with Gasteiger partial charge in [-0.3, -0.25) is 4.79 Å². The second-order valence-electron chi connectivity index (χ2n) is 5.94. The summed E-state index contributed by atoms with van der Waals surface area (Å²) in [5.41, 5.74) is 3.94. The highest BCUT2D eigenvalue weighted by Gasteiger charge is 2.27. The van der Waals surface area contributed by atoms with Gasteiger partial charge in [0.2, 0.25) is 6.10 Å². The van der Waals surface area contributed by atoms with Gasteiger partial charge in [-0.1, -0.05) is 19.1 Å². The minimum Gasteiger partial charge on any atom is -0.546 e. The van der Waals surface area contributed by atoms with E-state index in [9.17, 15) is 14.7 Å². The van der Waals surface area contributed by atoms with Gasteiger partial charge in [-0.05, 0) is 48.4 Å². The number of carbonyl (C=O) groups is 2. The van der Waals surface area contributed by atoms with Crippen LogP contribution in [-0.2, 0) is 9.59 Å². The fraction of sp³-hybridized carbons (Fsp3) is 0.250. The maximum Gasteiger partial charge on any atom is 0.284 e. The van der Waals surface area contributed by atoms with Crippen LogP contribution in [0.15, 0.2) is 53.6 Å². The van der Waals surface area contributed by atoms with Crippen LogP contribution in [0.3, 0.4) is 0 Å². The molecule has 0 saturated heterocycles. The lowest BCUT2D eigenvalue weighted by atomic mass is 10.1. The first-order valence-corrected chi connectivity index (χ1v) is 8.74. The summed E-state index contributed by atoms with van der Waals surface area (Å²) in [5, 5.41) is 14.6. The van der Waals surface area contributed by atoms with Crippen LogP contribution in [0.25, 0.3) is 0 Å². The summed E-state index contributed by atoms with van der Waals surface area (Å²) in [4.78, 5) is 22.8. The van der Waals surface area contributed by atoms with Gasteiger partial charge < -0.3 is 24.1 Å². The molecule has 8 heteroatoms. The van der Waals surface area contributed by atoms with Gasteiger partial charge in [-0.2, -0.15) is 5.10 Å². The van der Waals surface area contributed by atoms with Gasteiger partial charge in [0.1, 0.15) is 19.0 Å². The van der Waals surface area contributed by atoms with Gasteiger partial charge >= 0.3 is 0 Å². The van der Waals surface area contributed by atoms with E-state index in [1.807, 2.05) is 13.0 Å². The Balaban J connectivity index is 1.61. The number of carboxylic acids is 1. The number of nitrogens with zero attached hydrogens (tertiary/aromatic N) is 1. The lowest BCUT2D eigenvalue weighted by Gasteiger charge is -2.24. The Morgan fingerprint density at radius 3 is 2.57 bits per heavy atom. The molecule has 146 valence electrons. The molecule has 0 aliphatic carbocycles. The van der Waals surface area contributed by atoms with Crippen molar-refractivity contribution in [1.82, 2.24) is 5.43 Å². The van der Waals surface area contributed by atoms with E-state index in [4.69, 9.17) is 14.2 Å². The number of hydrogen-bond donors (Lipinski definition) is 1. The first-order valence-electron chi connectivity index (χ1n) is 8.74. The first-order chi connectivity index (χ1) is 13.6. The minimum absolute atomic E-state index is 0.101. The molecular formula is C20H19N2O6-. The van der Waals surface area contributed by atoms with Crippen molar-refractivity contribution in [3.05, 3.63) is 54.1 Å². The Bertz CT molecular complexity index is 879. The standard InChI is InChI=1S/C20H20N2O6/c1-2-15(13-7-9-14(10-8-13)26-12-19(23)24)21-22-20(25)18-11-27-16-5-3-4-6-17(16)28-18/h3-10,18H,2,11-12H2,1H3,(H,22,25)(H,23,24)/p-1/b21-15-/t18-/m0/s1. The number of carbonyl (C=O) groups excluding carboxylic acids is 2. The summed E-state index contributed by atoms with van der Waals surface area (Å²) in [5.74, 6) is -0.182. The molecule has 1 amide bonds. The van der Waals surface area contributed by atoms with Gasteiger partial charge in [0.25, 0.3) is 5.91 Å². The van der Waals surface area contributed by atoms with Crippen LogP contribution in [0.2, 0.25) is 0 Å². The van der Waals surface area contributed by atoms with E-state index in [0.29, 0.717) is 29.4 Å². The van der Waals surface area contributed by atoms with E-state index in [-0.39, 0.29) is 6.61 Å². The monoisotopic (exact) mass is 383 g/mol. The Morgan fingerprint density at radius 2 is 1.89 bits per heavy atom. The van der Waals surface area contributed by atoms with Crippen LogP contribution in [-0.4, -0.2) is 36.9 Å². The van der Waals surface area contributed by atoms with E-state index in [1.54, 1.807) is 42.5 Å². The SMILES string of the molecule is CC/C(=N/NC(=O)[C@@H]1COc2ccccc2O1)c1ccc(OCC(=O)[O-])cc1.